The van der Waals surface area contributed by atoms with Crippen LogP contribution < -0.4 is 10.8 Å². The zero-order valence-electron chi connectivity index (χ0n) is 17.0. The van der Waals surface area contributed by atoms with Gasteiger partial charge in [0.1, 0.15) is 6.04 Å². The summed E-state index contributed by atoms with van der Waals surface area (Å²) in [5, 5.41) is 2.50. The van der Waals surface area contributed by atoms with Crippen molar-refractivity contribution in [2.75, 3.05) is 14.2 Å². The fourth-order valence-corrected chi connectivity index (χ4v) is 2.63. The molecule has 9 heteroatoms. The molecule has 1 aromatic rings. The molecule has 1 amide bonds. The van der Waals surface area contributed by atoms with Crippen LogP contribution in [0.3, 0.4) is 0 Å². The molecule has 2 rings (SSSR count). The van der Waals surface area contributed by atoms with Crippen molar-refractivity contribution in [3.63, 3.8) is 0 Å². The van der Waals surface area contributed by atoms with E-state index in [1.807, 2.05) is 27.7 Å². The van der Waals surface area contributed by atoms with Crippen molar-refractivity contribution in [1.82, 2.24) is 5.32 Å². The predicted octanol–water partition coefficient (Wildman–Crippen LogP) is 0.820. The van der Waals surface area contributed by atoms with Crippen molar-refractivity contribution >= 4 is 30.4 Å². The Bertz CT molecular complexity index is 746. The third kappa shape index (κ3) is 4.71. The molecule has 0 spiro atoms. The number of ether oxygens (including phenoxy) is 2. The third-order valence-electron chi connectivity index (χ3n) is 5.06. The van der Waals surface area contributed by atoms with Gasteiger partial charge in [-0.3, -0.25) is 9.59 Å². The molecular formula is C19H26BNO7. The lowest BCUT2D eigenvalue weighted by Crippen LogP contribution is -2.43. The molecule has 1 saturated heterocycles. The first kappa shape index (κ1) is 21.9. The molecule has 0 aromatic heterocycles. The molecule has 0 aliphatic carbocycles. The Balaban J connectivity index is 2.17. The second-order valence-corrected chi connectivity index (χ2v) is 7.54. The Labute approximate surface area is 165 Å². The number of amides is 1. The third-order valence-corrected chi connectivity index (χ3v) is 5.06. The molecule has 1 heterocycles. The van der Waals surface area contributed by atoms with Crippen LogP contribution in [0, 0.1) is 0 Å². The van der Waals surface area contributed by atoms with Gasteiger partial charge < -0.3 is 24.1 Å². The van der Waals surface area contributed by atoms with Gasteiger partial charge in [0.25, 0.3) is 5.91 Å². The molecular weight excluding hydrogens is 365 g/mol. The van der Waals surface area contributed by atoms with Crippen LogP contribution in [0.25, 0.3) is 0 Å². The van der Waals surface area contributed by atoms with Gasteiger partial charge in [0.15, 0.2) is 0 Å². The summed E-state index contributed by atoms with van der Waals surface area (Å²) in [5.74, 6) is -1.90. The second-order valence-electron chi connectivity index (χ2n) is 7.54. The summed E-state index contributed by atoms with van der Waals surface area (Å²) < 4.78 is 21.2. The Morgan fingerprint density at radius 3 is 2.21 bits per heavy atom. The molecule has 152 valence electrons. The van der Waals surface area contributed by atoms with E-state index in [0.717, 1.165) is 0 Å². The summed E-state index contributed by atoms with van der Waals surface area (Å²) >= 11 is 0. The van der Waals surface area contributed by atoms with Crippen molar-refractivity contribution in [3.05, 3.63) is 29.8 Å². The van der Waals surface area contributed by atoms with Crippen LogP contribution >= 0.6 is 0 Å². The smallest absolute Gasteiger partial charge is 0.469 e. The molecule has 0 saturated carbocycles. The Hall–Kier alpha value is -2.39. The molecule has 1 fully saturated rings. The largest absolute Gasteiger partial charge is 0.494 e. The second kappa shape index (κ2) is 8.32. The Morgan fingerprint density at radius 1 is 1.07 bits per heavy atom. The highest BCUT2D eigenvalue weighted by Crippen LogP contribution is 2.36. The molecule has 28 heavy (non-hydrogen) atoms. The molecule has 1 aliphatic heterocycles. The molecule has 1 unspecified atom stereocenters. The summed E-state index contributed by atoms with van der Waals surface area (Å²) in [6.07, 6.45) is -0.328. The van der Waals surface area contributed by atoms with Crippen LogP contribution in [0.2, 0.25) is 0 Å². The van der Waals surface area contributed by atoms with Crippen LogP contribution in [-0.4, -0.2) is 56.4 Å². The average molecular weight is 391 g/mol. The number of nitrogens with one attached hydrogen (secondary N) is 1. The van der Waals surface area contributed by atoms with Crippen molar-refractivity contribution in [2.24, 2.45) is 0 Å². The fraction of sp³-hybridized carbons (Fsp3) is 0.526. The first-order chi connectivity index (χ1) is 13.0. The maximum Gasteiger partial charge on any atom is 0.494 e. The van der Waals surface area contributed by atoms with Crippen LogP contribution in [-0.2, 0) is 28.4 Å². The average Bonchev–Trinajstić information content (AvgIpc) is 2.87. The van der Waals surface area contributed by atoms with E-state index >= 15 is 0 Å². The lowest BCUT2D eigenvalue weighted by molar-refractivity contribution is -0.149. The van der Waals surface area contributed by atoms with Crippen molar-refractivity contribution < 1.29 is 33.2 Å². The highest BCUT2D eigenvalue weighted by molar-refractivity contribution is 6.62. The normalized spacial score (nSPS) is 18.3. The maximum absolute atomic E-state index is 12.6. The van der Waals surface area contributed by atoms with Gasteiger partial charge in [0.05, 0.1) is 31.8 Å². The Morgan fingerprint density at radius 2 is 1.68 bits per heavy atom. The zero-order chi connectivity index (χ0) is 21.1. The minimum atomic E-state index is -1.15. The van der Waals surface area contributed by atoms with Gasteiger partial charge in [-0.15, -0.1) is 0 Å². The lowest BCUT2D eigenvalue weighted by atomic mass is 9.78. The molecule has 1 N–H and O–H groups in total. The van der Waals surface area contributed by atoms with E-state index in [4.69, 9.17) is 9.31 Å². The van der Waals surface area contributed by atoms with Crippen molar-refractivity contribution in [1.29, 1.82) is 0 Å². The highest BCUT2D eigenvalue weighted by Gasteiger charge is 2.51. The number of carbonyl (C=O) groups is 3. The number of esters is 2. The summed E-state index contributed by atoms with van der Waals surface area (Å²) in [5.41, 5.74) is -0.0429. The minimum Gasteiger partial charge on any atom is -0.469 e. The van der Waals surface area contributed by atoms with Gasteiger partial charge in [-0.25, -0.2) is 4.79 Å². The molecule has 0 bridgehead atoms. The van der Waals surface area contributed by atoms with E-state index in [2.05, 4.69) is 14.8 Å². The van der Waals surface area contributed by atoms with Crippen LogP contribution in [0.5, 0.6) is 0 Å². The summed E-state index contributed by atoms with van der Waals surface area (Å²) in [4.78, 5) is 36.0. The summed E-state index contributed by atoms with van der Waals surface area (Å²) in [6, 6.07) is 5.57. The first-order valence-corrected chi connectivity index (χ1v) is 8.92. The van der Waals surface area contributed by atoms with E-state index < -0.39 is 42.2 Å². The number of carbonyl (C=O) groups excluding carboxylic acids is 3. The minimum absolute atomic E-state index is 0.297. The number of rotatable bonds is 6. The van der Waals surface area contributed by atoms with E-state index in [0.29, 0.717) is 11.0 Å². The molecule has 1 atom stereocenters. The van der Waals surface area contributed by atoms with E-state index in [9.17, 15) is 14.4 Å². The van der Waals surface area contributed by atoms with Crippen molar-refractivity contribution in [2.45, 2.75) is 51.4 Å². The van der Waals surface area contributed by atoms with E-state index in [-0.39, 0.29) is 6.42 Å². The van der Waals surface area contributed by atoms with Gasteiger partial charge in [0.2, 0.25) is 0 Å². The Kier molecular flexibility index (Phi) is 6.51. The van der Waals surface area contributed by atoms with E-state index in [1.54, 1.807) is 24.3 Å². The fourth-order valence-electron chi connectivity index (χ4n) is 2.63. The van der Waals surface area contributed by atoms with Gasteiger partial charge in [-0.05, 0) is 45.3 Å². The SMILES string of the molecule is COC(=O)CC(NC(=O)c1cccc(B2OC(C)(C)C(C)(C)O2)c1)C(=O)OC. The van der Waals surface area contributed by atoms with Crippen LogP contribution in [0.1, 0.15) is 44.5 Å². The number of hydrogen-bond acceptors (Lipinski definition) is 7. The highest BCUT2D eigenvalue weighted by atomic mass is 16.7. The van der Waals surface area contributed by atoms with Crippen LogP contribution in [0.15, 0.2) is 24.3 Å². The summed E-state index contributed by atoms with van der Waals surface area (Å²) in [6.45, 7) is 7.77. The zero-order valence-corrected chi connectivity index (χ0v) is 17.0. The number of methoxy groups -OCH3 is 2. The van der Waals surface area contributed by atoms with Gasteiger partial charge >= 0.3 is 19.1 Å². The topological polar surface area (TPSA) is 100 Å². The standard InChI is InChI=1S/C19H26BNO7/c1-18(2)19(3,4)28-20(27-18)13-9-7-8-12(10-13)16(23)21-14(17(24)26-6)11-15(22)25-5/h7-10,14H,11H2,1-6H3,(H,21,23). The van der Waals surface area contributed by atoms with E-state index in [1.165, 1.54) is 14.2 Å². The monoisotopic (exact) mass is 391 g/mol. The van der Waals surface area contributed by atoms with Gasteiger partial charge in [0, 0.05) is 5.56 Å². The molecule has 8 nitrogen and oxygen atoms in total. The quantitative estimate of drug-likeness (QED) is 0.566. The van der Waals surface area contributed by atoms with Crippen molar-refractivity contribution in [3.8, 4) is 0 Å². The molecule has 1 aliphatic rings. The maximum atomic E-state index is 12.6. The van der Waals surface area contributed by atoms with Gasteiger partial charge in [-0.2, -0.15) is 0 Å². The predicted molar refractivity (Wildman–Crippen MR) is 102 cm³/mol. The lowest BCUT2D eigenvalue weighted by Gasteiger charge is -2.32. The molecule has 1 aromatic carbocycles. The number of benzene rings is 1. The van der Waals surface area contributed by atoms with Gasteiger partial charge in [-0.1, -0.05) is 12.1 Å². The van der Waals surface area contributed by atoms with Crippen LogP contribution in [0.4, 0.5) is 0 Å². The summed E-state index contributed by atoms with van der Waals surface area (Å²) in [7, 11) is 1.76. The first-order valence-electron chi connectivity index (χ1n) is 8.92. The molecule has 0 radical (unpaired) electrons. The number of hydrogen-bond donors (Lipinski definition) is 1.